The third-order valence-corrected chi connectivity index (χ3v) is 7.62. The van der Waals surface area contributed by atoms with E-state index < -0.39 is 16.1 Å². The van der Waals surface area contributed by atoms with Gasteiger partial charge in [-0.3, -0.25) is 9.59 Å². The molecule has 0 bridgehead atoms. The Morgan fingerprint density at radius 1 is 1.21 bits per heavy atom. The number of hydrogen-bond acceptors (Lipinski definition) is 5. The van der Waals surface area contributed by atoms with Gasteiger partial charge < -0.3 is 5.32 Å². The largest absolute Gasteiger partial charge is 0.346 e. The van der Waals surface area contributed by atoms with Gasteiger partial charge in [0.05, 0.1) is 12.6 Å². The second-order valence-corrected chi connectivity index (χ2v) is 9.78. The van der Waals surface area contributed by atoms with Crippen molar-refractivity contribution in [1.29, 1.82) is 0 Å². The third kappa shape index (κ3) is 5.54. The molecule has 2 fully saturated rings. The first kappa shape index (κ1) is 21.7. The van der Waals surface area contributed by atoms with Gasteiger partial charge in [0.25, 0.3) is 0 Å². The first-order chi connectivity index (χ1) is 13.9. The summed E-state index contributed by atoms with van der Waals surface area (Å²) in [6.07, 6.45) is 10.7. The van der Waals surface area contributed by atoms with E-state index in [2.05, 4.69) is 5.32 Å². The molecule has 29 heavy (non-hydrogen) atoms. The Kier molecular flexibility index (Phi) is 7.23. The van der Waals surface area contributed by atoms with Gasteiger partial charge in [-0.25, -0.2) is 14.3 Å². The van der Waals surface area contributed by atoms with Crippen LogP contribution in [0.2, 0.25) is 0 Å². The minimum absolute atomic E-state index is 0.0731. The first-order valence-electron chi connectivity index (χ1n) is 10.3. The van der Waals surface area contributed by atoms with Crippen LogP contribution in [0.3, 0.4) is 0 Å². The fraction of sp³-hybridized carbons (Fsp3) is 0.600. The van der Waals surface area contributed by atoms with Gasteiger partial charge in [-0.1, -0.05) is 36.8 Å². The lowest BCUT2D eigenvalue weighted by Gasteiger charge is -2.21. The van der Waals surface area contributed by atoms with Crippen LogP contribution in [0.4, 0.5) is 0 Å². The Morgan fingerprint density at radius 3 is 2.69 bits per heavy atom. The van der Waals surface area contributed by atoms with E-state index in [0.29, 0.717) is 18.8 Å². The van der Waals surface area contributed by atoms with Gasteiger partial charge >= 0.3 is 15.0 Å². The van der Waals surface area contributed by atoms with Crippen LogP contribution in [0.15, 0.2) is 29.4 Å². The zero-order valence-electron chi connectivity index (χ0n) is 16.6. The van der Waals surface area contributed by atoms with E-state index in [1.807, 2.05) is 0 Å². The zero-order valence-corrected chi connectivity index (χ0v) is 17.4. The number of hydrogen-bond donors (Lipinski definition) is 2. The van der Waals surface area contributed by atoms with Crippen LogP contribution >= 0.6 is 0 Å². The Balaban J connectivity index is 1.57. The van der Waals surface area contributed by atoms with Crippen molar-refractivity contribution in [1.82, 2.24) is 9.62 Å². The molecule has 1 saturated heterocycles. The molecule has 1 radical (unpaired) electrons. The SMILES string of the molecule is N[n+]1ccccc1S(=O)(=O)N1CCC[C@H](NC(=O)[CH]CC2CCCCC2)C(=O)C1. The van der Waals surface area contributed by atoms with Gasteiger partial charge in [-0.15, -0.1) is 0 Å². The number of pyridine rings is 1. The summed E-state index contributed by atoms with van der Waals surface area (Å²) in [7, 11) is -3.90. The summed E-state index contributed by atoms with van der Waals surface area (Å²) in [6, 6.07) is 3.96. The number of Topliss-reactive ketones (excluding diaryl/α,β-unsaturated/α-hetero) is 1. The van der Waals surface area contributed by atoms with Crippen LogP contribution in [0.5, 0.6) is 0 Å². The molecule has 1 aromatic rings. The van der Waals surface area contributed by atoms with Crippen molar-refractivity contribution in [3.63, 3.8) is 0 Å². The van der Waals surface area contributed by atoms with Gasteiger partial charge in [-0.05, 0) is 31.2 Å². The molecule has 1 aromatic heterocycles. The summed E-state index contributed by atoms with van der Waals surface area (Å²) in [4.78, 5) is 24.9. The quantitative estimate of drug-likeness (QED) is 0.518. The Labute approximate surface area is 172 Å². The van der Waals surface area contributed by atoms with E-state index in [-0.39, 0.29) is 29.8 Å². The molecule has 2 heterocycles. The fourth-order valence-electron chi connectivity index (χ4n) is 4.07. The minimum atomic E-state index is -3.90. The monoisotopic (exact) mass is 422 g/mol. The normalized spacial score (nSPS) is 22.2. The average Bonchev–Trinajstić information content (AvgIpc) is 2.89. The molecule has 1 saturated carbocycles. The lowest BCUT2D eigenvalue weighted by Crippen LogP contribution is -2.52. The number of ketones is 1. The molecule has 8 nitrogen and oxygen atoms in total. The number of nitrogen functional groups attached to an aromatic ring is 1. The zero-order chi connectivity index (χ0) is 20.9. The number of aromatic nitrogens is 1. The first-order valence-corrected chi connectivity index (χ1v) is 11.7. The lowest BCUT2D eigenvalue weighted by molar-refractivity contribution is -0.678. The second-order valence-electron chi connectivity index (χ2n) is 7.90. The molecule has 1 aliphatic heterocycles. The fourth-order valence-corrected chi connectivity index (χ4v) is 5.58. The molecule has 159 valence electrons. The Bertz CT molecular complexity index is 837. The maximum absolute atomic E-state index is 12.9. The third-order valence-electron chi connectivity index (χ3n) is 5.75. The topological polar surface area (TPSA) is 113 Å². The molecule has 2 aliphatic rings. The molecule has 0 aromatic carbocycles. The van der Waals surface area contributed by atoms with Crippen LogP contribution in [-0.4, -0.2) is 43.5 Å². The Morgan fingerprint density at radius 2 is 1.97 bits per heavy atom. The van der Waals surface area contributed by atoms with Crippen LogP contribution in [0, 0.1) is 12.3 Å². The molecular formula is C20H30N4O4S+. The van der Waals surface area contributed by atoms with Crippen molar-refractivity contribution < 1.29 is 22.7 Å². The van der Waals surface area contributed by atoms with Crippen molar-refractivity contribution in [3.8, 4) is 0 Å². The highest BCUT2D eigenvalue weighted by Crippen LogP contribution is 2.27. The number of nitrogens with two attached hydrogens (primary N) is 1. The van der Waals surface area contributed by atoms with Crippen molar-refractivity contribution in [2.24, 2.45) is 5.92 Å². The van der Waals surface area contributed by atoms with Gasteiger partial charge in [0.15, 0.2) is 5.78 Å². The number of rotatable bonds is 6. The lowest BCUT2D eigenvalue weighted by atomic mass is 9.86. The molecule has 1 aliphatic carbocycles. The van der Waals surface area contributed by atoms with Crippen LogP contribution in [-0.2, 0) is 19.6 Å². The number of amides is 1. The smallest absolute Gasteiger partial charge is 0.340 e. The minimum Gasteiger partial charge on any atom is -0.346 e. The number of sulfonamides is 1. The summed E-state index contributed by atoms with van der Waals surface area (Å²) in [6.45, 7) is -0.0636. The predicted octanol–water partition coefficient (Wildman–Crippen LogP) is 0.701. The highest BCUT2D eigenvalue weighted by molar-refractivity contribution is 7.89. The summed E-state index contributed by atoms with van der Waals surface area (Å²) in [5, 5.41) is 2.70. The van der Waals surface area contributed by atoms with Crippen molar-refractivity contribution in [2.45, 2.75) is 62.4 Å². The van der Waals surface area contributed by atoms with Crippen LogP contribution in [0.1, 0.15) is 51.4 Å². The molecule has 9 heteroatoms. The molecule has 0 spiro atoms. The van der Waals surface area contributed by atoms with Gasteiger partial charge in [0.2, 0.25) is 12.1 Å². The molecule has 3 rings (SSSR count). The number of carbonyl (C=O) groups excluding carboxylic acids is 2. The second kappa shape index (κ2) is 9.67. The Hall–Kier alpha value is -2.00. The van der Waals surface area contributed by atoms with E-state index in [9.17, 15) is 18.0 Å². The van der Waals surface area contributed by atoms with Crippen LogP contribution < -0.4 is 15.8 Å². The molecular weight excluding hydrogens is 392 g/mol. The summed E-state index contributed by atoms with van der Waals surface area (Å²) in [5.74, 6) is 5.75. The van der Waals surface area contributed by atoms with Gasteiger partial charge in [-0.2, -0.15) is 4.31 Å². The number of nitrogens with zero attached hydrogens (tertiary/aromatic N) is 2. The van der Waals surface area contributed by atoms with Crippen molar-refractivity contribution in [3.05, 3.63) is 30.8 Å². The molecule has 0 unspecified atom stereocenters. The van der Waals surface area contributed by atoms with Gasteiger partial charge in [0, 0.05) is 25.1 Å². The van der Waals surface area contributed by atoms with E-state index >= 15 is 0 Å². The highest BCUT2D eigenvalue weighted by atomic mass is 32.2. The predicted molar refractivity (Wildman–Crippen MR) is 107 cm³/mol. The average molecular weight is 423 g/mol. The number of nitrogens with one attached hydrogen (secondary N) is 1. The standard InChI is InChI=1S/C20H29N4O4S/c21-24-14-5-4-10-20(24)29(27,28)23-13-6-9-17(18(25)15-23)22-19(26)12-11-16-7-2-1-3-8-16/h4-5,10,12,14,16-17H,1-3,6-9,11,13,15,21H2/p+1/t17-/m0/s1. The summed E-state index contributed by atoms with van der Waals surface area (Å²) >= 11 is 0. The van der Waals surface area contributed by atoms with E-state index in [4.69, 9.17) is 5.84 Å². The van der Waals surface area contributed by atoms with E-state index in [1.54, 1.807) is 18.6 Å². The summed E-state index contributed by atoms with van der Waals surface area (Å²) in [5.41, 5.74) is 0. The molecule has 3 N–H and O–H groups in total. The molecule has 1 amide bonds. The molecule has 1 atom stereocenters. The van der Waals surface area contributed by atoms with E-state index in [1.165, 1.54) is 31.5 Å². The summed E-state index contributed by atoms with van der Waals surface area (Å²) < 4.78 is 28.0. The maximum Gasteiger partial charge on any atom is 0.340 e. The van der Waals surface area contributed by atoms with E-state index in [0.717, 1.165) is 28.2 Å². The maximum atomic E-state index is 12.9. The highest BCUT2D eigenvalue weighted by Gasteiger charge is 2.37. The number of carbonyl (C=O) groups is 2. The van der Waals surface area contributed by atoms with Crippen molar-refractivity contribution in [2.75, 3.05) is 18.9 Å². The van der Waals surface area contributed by atoms with Crippen LogP contribution in [0.25, 0.3) is 0 Å². The van der Waals surface area contributed by atoms with Crippen molar-refractivity contribution >= 4 is 21.7 Å². The van der Waals surface area contributed by atoms with Gasteiger partial charge in [0.1, 0.15) is 0 Å².